The predicted molar refractivity (Wildman–Crippen MR) is 283 cm³/mol. The number of fused-ring (bicyclic) bond motifs is 2. The van der Waals surface area contributed by atoms with Crippen molar-refractivity contribution in [2.24, 2.45) is 17.6 Å². The summed E-state index contributed by atoms with van der Waals surface area (Å²) in [4.78, 5) is 124. The molecule has 0 radical (unpaired) electrons. The maximum atomic E-state index is 13.9. The number of carboxylic acid groups (broad SMARTS) is 3. The van der Waals surface area contributed by atoms with Crippen LogP contribution in [0.5, 0.6) is 0 Å². The summed E-state index contributed by atoms with van der Waals surface area (Å²) in [5.41, 5.74) is 7.61. The minimum atomic E-state index is -5.08. The molecule has 3 aliphatic heterocycles. The Labute approximate surface area is 477 Å². The van der Waals surface area contributed by atoms with Crippen LogP contribution in [0.1, 0.15) is 89.4 Å². The number of alkyl halides is 9. The highest BCUT2D eigenvalue weighted by atomic mass is 19.4. The quantitative estimate of drug-likeness (QED) is 0.0624. The molecule has 0 aliphatic carbocycles. The Morgan fingerprint density at radius 3 is 1.64 bits per heavy atom. The molecule has 3 heterocycles. The van der Waals surface area contributed by atoms with Gasteiger partial charge in [-0.3, -0.25) is 48.3 Å². The van der Waals surface area contributed by atoms with Crippen molar-refractivity contribution < 1.29 is 103 Å². The Hall–Kier alpha value is -7.61. The van der Waals surface area contributed by atoms with Gasteiger partial charge in [0.25, 0.3) is 5.91 Å². The number of nitrogens with one attached hydrogen (secondary N) is 5. The van der Waals surface area contributed by atoms with E-state index >= 15 is 0 Å². The molecule has 3 atom stereocenters. The van der Waals surface area contributed by atoms with Gasteiger partial charge in [-0.1, -0.05) is 51.0 Å². The maximum Gasteiger partial charge on any atom is 0.490 e. The van der Waals surface area contributed by atoms with Crippen LogP contribution in [0.4, 0.5) is 56.6 Å². The van der Waals surface area contributed by atoms with Crippen LogP contribution in [-0.4, -0.2) is 191 Å². The first-order chi connectivity index (χ1) is 39.0. The molecule has 0 aromatic heterocycles. The van der Waals surface area contributed by atoms with Gasteiger partial charge in [-0.2, -0.15) is 39.5 Å². The highest BCUT2D eigenvalue weighted by molar-refractivity contribution is 6.18. The fourth-order valence-electron chi connectivity index (χ4n) is 8.56. The van der Waals surface area contributed by atoms with E-state index < -0.39 is 78.2 Å². The monoisotopic (exact) mass is 1210 g/mol. The highest BCUT2D eigenvalue weighted by Gasteiger charge is 2.40. The second kappa shape index (κ2) is 34.2. The molecule has 2 aromatic carbocycles. The Morgan fingerprint density at radius 1 is 0.643 bits per heavy atom. The number of likely N-dealkylation sites (tertiary alicyclic amines) is 1. The number of carbonyl (C=O) groups excluding carboxylic acids is 7. The van der Waals surface area contributed by atoms with E-state index in [9.17, 15) is 73.1 Å². The number of primary amides is 1. The second-order valence-corrected chi connectivity index (χ2v) is 20.0. The third-order valence-corrected chi connectivity index (χ3v) is 12.8. The summed E-state index contributed by atoms with van der Waals surface area (Å²) in [6.07, 6.45) is -9.31. The van der Waals surface area contributed by atoms with E-state index in [4.69, 9.17) is 35.4 Å². The number of hydrogen-bond donors (Lipinski definition) is 9. The number of aliphatic carboxylic acids is 3. The van der Waals surface area contributed by atoms with E-state index in [-0.39, 0.29) is 36.5 Å². The number of anilines is 3. The van der Waals surface area contributed by atoms with Crippen molar-refractivity contribution >= 4 is 76.3 Å². The van der Waals surface area contributed by atoms with E-state index in [1.807, 2.05) is 56.3 Å². The predicted octanol–water partition coefficient (Wildman–Crippen LogP) is 4.24. The van der Waals surface area contributed by atoms with E-state index in [0.29, 0.717) is 54.6 Å². The number of benzene rings is 2. The zero-order valence-electron chi connectivity index (χ0n) is 46.4. The number of carboxylic acids is 3. The second-order valence-electron chi connectivity index (χ2n) is 20.0. The summed E-state index contributed by atoms with van der Waals surface area (Å²) in [5.74, 6) is -10.3. The first kappa shape index (κ1) is 72.5. The summed E-state index contributed by atoms with van der Waals surface area (Å²) < 4.78 is 95.2. The molecule has 7 amide bonds. The first-order valence-electron chi connectivity index (χ1n) is 26.3. The lowest BCUT2D eigenvalue weighted by atomic mass is 9.91. The first-order valence-corrected chi connectivity index (χ1v) is 26.3. The largest absolute Gasteiger partial charge is 0.490 e. The number of piperazine rings is 1. The van der Waals surface area contributed by atoms with Crippen LogP contribution in [0, 0.1) is 11.8 Å². The van der Waals surface area contributed by atoms with Gasteiger partial charge in [-0.15, -0.1) is 0 Å². The molecule has 0 bridgehead atoms. The Kier molecular flexibility index (Phi) is 29.5. The van der Waals surface area contributed by atoms with Crippen LogP contribution in [0.3, 0.4) is 0 Å². The molecule has 0 unspecified atom stereocenters. The van der Waals surface area contributed by atoms with Crippen LogP contribution >= 0.6 is 0 Å². The zero-order valence-corrected chi connectivity index (χ0v) is 46.4. The van der Waals surface area contributed by atoms with E-state index in [0.717, 1.165) is 65.1 Å². The number of unbranched alkanes of at least 4 members (excludes halogenated alkanes) is 1. The Balaban J connectivity index is 0.000000970. The van der Waals surface area contributed by atoms with Gasteiger partial charge in [0.2, 0.25) is 35.4 Å². The molecule has 470 valence electrons. The van der Waals surface area contributed by atoms with Crippen molar-refractivity contribution in [2.75, 3.05) is 75.7 Å². The summed E-state index contributed by atoms with van der Waals surface area (Å²) in [6.45, 7) is 14.7. The molecule has 10 N–H and O–H groups in total. The normalized spacial score (nSPS) is 16.0. The SMILES string of the molecule is CC(=O)N[C@@H](CCC(N)=O)C(=O)N[C@@H](C)C(=O)N[C@@H](CC(C)C)C(=O)NCCN1CCN(CCCCC2CCN(CC(=O)N3c4ccccc4NC(=O)c4ccccc43)CC2)CC1.O=C(O)C(F)(F)F.O=C(O)C(F)(F)F.O=C(O)C(F)(F)F. The van der Waals surface area contributed by atoms with Crippen molar-refractivity contribution in [3.63, 3.8) is 0 Å². The van der Waals surface area contributed by atoms with Crippen LogP contribution in [-0.2, 0) is 43.2 Å². The molecule has 84 heavy (non-hydrogen) atoms. The molecule has 5 rings (SSSR count). The molecular formula is C52H71F9N10O13. The molecular weight excluding hydrogens is 1140 g/mol. The number of nitrogens with zero attached hydrogens (tertiary/aromatic N) is 4. The van der Waals surface area contributed by atoms with Crippen molar-refractivity contribution in [3.05, 3.63) is 54.1 Å². The number of halogens is 9. The number of amides is 7. The molecule has 2 aromatic rings. The molecule has 2 saturated heterocycles. The van der Waals surface area contributed by atoms with Crippen LogP contribution < -0.4 is 37.2 Å². The summed E-state index contributed by atoms with van der Waals surface area (Å²) in [7, 11) is 0. The van der Waals surface area contributed by atoms with Gasteiger partial charge >= 0.3 is 36.4 Å². The van der Waals surface area contributed by atoms with Gasteiger partial charge in [-0.05, 0) is 94.8 Å². The van der Waals surface area contributed by atoms with Gasteiger partial charge in [0, 0.05) is 52.6 Å². The molecule has 0 spiro atoms. The average molecular weight is 1220 g/mol. The summed E-state index contributed by atoms with van der Waals surface area (Å²) in [5, 5.41) is 35.1. The van der Waals surface area contributed by atoms with Crippen LogP contribution in [0.2, 0.25) is 0 Å². The smallest absolute Gasteiger partial charge is 0.475 e. The fourth-order valence-corrected chi connectivity index (χ4v) is 8.56. The molecule has 32 heteroatoms. The van der Waals surface area contributed by atoms with Gasteiger partial charge in [0.15, 0.2) is 0 Å². The number of para-hydroxylation sites is 3. The lowest BCUT2D eigenvalue weighted by Gasteiger charge is -2.35. The zero-order chi connectivity index (χ0) is 63.7. The molecule has 23 nitrogen and oxygen atoms in total. The van der Waals surface area contributed by atoms with Crippen molar-refractivity contribution in [1.29, 1.82) is 0 Å². The molecule has 3 aliphatic rings. The van der Waals surface area contributed by atoms with Crippen molar-refractivity contribution in [1.82, 2.24) is 36.0 Å². The Bertz CT molecular complexity index is 2500. The number of carbonyl (C=O) groups is 10. The topological polar surface area (TPSA) is 331 Å². The number of nitrogens with two attached hydrogens (primary N) is 1. The highest BCUT2D eigenvalue weighted by Crippen LogP contribution is 2.38. The van der Waals surface area contributed by atoms with E-state index in [2.05, 4.69) is 41.3 Å². The van der Waals surface area contributed by atoms with Crippen molar-refractivity contribution in [3.8, 4) is 0 Å². The fraction of sp³-hybridized carbons (Fsp3) is 0.577. The van der Waals surface area contributed by atoms with Gasteiger partial charge in [0.05, 0.1) is 29.2 Å². The van der Waals surface area contributed by atoms with Gasteiger partial charge < -0.3 is 52.5 Å². The molecule has 0 saturated carbocycles. The number of hydrogen-bond acceptors (Lipinski definition) is 13. The summed E-state index contributed by atoms with van der Waals surface area (Å²) in [6, 6.07) is 11.9. The van der Waals surface area contributed by atoms with Crippen LogP contribution in [0.25, 0.3) is 0 Å². The van der Waals surface area contributed by atoms with Gasteiger partial charge in [-0.25, -0.2) is 14.4 Å². The van der Waals surface area contributed by atoms with Crippen LogP contribution in [0.15, 0.2) is 48.5 Å². The maximum absolute atomic E-state index is 13.9. The molecule has 2 fully saturated rings. The average Bonchev–Trinajstić information content (AvgIpc) is 3.33. The van der Waals surface area contributed by atoms with E-state index in [1.54, 1.807) is 11.0 Å². The third-order valence-electron chi connectivity index (χ3n) is 12.8. The number of piperidine rings is 1. The lowest BCUT2D eigenvalue weighted by molar-refractivity contribution is -0.193. The Morgan fingerprint density at radius 2 is 1.14 bits per heavy atom. The standard InChI is InChI=1S/C46H68N10O7.3C2HF3O2/c1-31(2)29-38(52-43(60)32(3)49-46(63)37(50-33(4)57)16-17-41(47)58)45(62)48-20-24-54-27-25-53(26-28-54)21-10-9-11-34-18-22-55(23-19-34)30-42(59)56-39-14-7-5-12-35(39)44(61)51-36-13-6-8-15-40(36)56;3*3-2(4,5)1(6)7/h5-8,12-15,31-32,34,37-38H,9-11,16-30H2,1-4H3,(H2,47,58)(H,48,62)(H,49,63)(H,50,57)(H,51,61)(H,52,60);3*(H,6,7)/t32-,37-,38-;;;/m0.../s1. The summed E-state index contributed by atoms with van der Waals surface area (Å²) >= 11 is 0. The minimum absolute atomic E-state index is 0.00488. The van der Waals surface area contributed by atoms with Crippen molar-refractivity contribution in [2.45, 2.75) is 116 Å². The number of rotatable bonds is 21. The third kappa shape index (κ3) is 26.7. The van der Waals surface area contributed by atoms with E-state index in [1.165, 1.54) is 26.7 Å². The minimum Gasteiger partial charge on any atom is -0.475 e. The van der Waals surface area contributed by atoms with Gasteiger partial charge in [0.1, 0.15) is 18.1 Å². The lowest BCUT2D eigenvalue weighted by Crippen LogP contribution is -2.56.